The summed E-state index contributed by atoms with van der Waals surface area (Å²) >= 11 is 1.60. The van der Waals surface area contributed by atoms with Crippen molar-refractivity contribution in [2.45, 2.75) is 6.10 Å². The molecular formula is C8H13NOS. The van der Waals surface area contributed by atoms with E-state index in [9.17, 15) is 5.11 Å². The van der Waals surface area contributed by atoms with Crippen LogP contribution in [0.25, 0.3) is 0 Å². The van der Waals surface area contributed by atoms with Gasteiger partial charge >= 0.3 is 0 Å². The Kier molecular flexibility index (Phi) is 3.05. The molecule has 0 spiro atoms. The Balaban J connectivity index is 2.49. The third kappa shape index (κ3) is 2.61. The van der Waals surface area contributed by atoms with Gasteiger partial charge in [-0.1, -0.05) is 6.07 Å². The molecule has 0 amide bonds. The van der Waals surface area contributed by atoms with Crippen molar-refractivity contribution < 1.29 is 5.11 Å². The van der Waals surface area contributed by atoms with Crippen LogP contribution in [-0.2, 0) is 0 Å². The number of aliphatic hydroxyl groups is 1. The van der Waals surface area contributed by atoms with Crippen LogP contribution in [-0.4, -0.2) is 30.6 Å². The van der Waals surface area contributed by atoms with E-state index in [-0.39, 0.29) is 6.10 Å². The molecule has 0 aromatic carbocycles. The Bertz CT molecular complexity index is 196. The second kappa shape index (κ2) is 3.85. The lowest BCUT2D eigenvalue weighted by atomic mass is 10.3. The quantitative estimate of drug-likeness (QED) is 0.742. The molecule has 1 atom stereocenters. The van der Waals surface area contributed by atoms with Gasteiger partial charge in [0.15, 0.2) is 0 Å². The van der Waals surface area contributed by atoms with Crippen molar-refractivity contribution in [3.8, 4) is 0 Å². The molecule has 0 aliphatic carbocycles. The molecule has 1 N–H and O–H groups in total. The highest BCUT2D eigenvalue weighted by Crippen LogP contribution is 2.18. The van der Waals surface area contributed by atoms with E-state index in [0.29, 0.717) is 6.54 Å². The van der Waals surface area contributed by atoms with Gasteiger partial charge in [0.25, 0.3) is 0 Å². The topological polar surface area (TPSA) is 23.5 Å². The van der Waals surface area contributed by atoms with Gasteiger partial charge in [0.1, 0.15) is 6.10 Å². The fourth-order valence-corrected chi connectivity index (χ4v) is 1.62. The maximum absolute atomic E-state index is 9.55. The number of nitrogens with zero attached hydrogens (tertiary/aromatic N) is 1. The first-order valence-electron chi connectivity index (χ1n) is 3.56. The summed E-state index contributed by atoms with van der Waals surface area (Å²) in [4.78, 5) is 3.02. The van der Waals surface area contributed by atoms with Crippen LogP contribution in [0.15, 0.2) is 17.5 Å². The van der Waals surface area contributed by atoms with E-state index in [1.807, 2.05) is 36.5 Å². The number of likely N-dealkylation sites (N-methyl/N-ethyl adjacent to an activating group) is 1. The van der Waals surface area contributed by atoms with Crippen molar-refractivity contribution >= 4 is 11.3 Å². The van der Waals surface area contributed by atoms with E-state index in [2.05, 4.69) is 0 Å². The van der Waals surface area contributed by atoms with Crippen LogP contribution < -0.4 is 0 Å². The maximum atomic E-state index is 9.55. The summed E-state index contributed by atoms with van der Waals surface area (Å²) in [6, 6.07) is 3.91. The number of thiophene rings is 1. The zero-order valence-corrected chi connectivity index (χ0v) is 7.64. The fraction of sp³-hybridized carbons (Fsp3) is 0.500. The fourth-order valence-electron chi connectivity index (χ4n) is 0.917. The first-order valence-corrected chi connectivity index (χ1v) is 4.44. The number of hydrogen-bond donors (Lipinski definition) is 1. The van der Waals surface area contributed by atoms with Gasteiger partial charge in [-0.25, -0.2) is 0 Å². The standard InChI is InChI=1S/C8H13NOS/c1-9(2)6-7(10)8-4-3-5-11-8/h3-5,7,10H,6H2,1-2H3. The van der Waals surface area contributed by atoms with Crippen molar-refractivity contribution in [1.82, 2.24) is 4.90 Å². The molecule has 1 rings (SSSR count). The summed E-state index contributed by atoms with van der Waals surface area (Å²) in [6.45, 7) is 0.695. The maximum Gasteiger partial charge on any atom is 0.101 e. The molecule has 0 aliphatic heterocycles. The van der Waals surface area contributed by atoms with Crippen LogP contribution in [0.3, 0.4) is 0 Å². The lowest BCUT2D eigenvalue weighted by Gasteiger charge is -2.13. The van der Waals surface area contributed by atoms with Gasteiger partial charge in [0, 0.05) is 11.4 Å². The van der Waals surface area contributed by atoms with Gasteiger partial charge in [-0.3, -0.25) is 0 Å². The summed E-state index contributed by atoms with van der Waals surface area (Å²) in [5.74, 6) is 0. The van der Waals surface area contributed by atoms with Crippen molar-refractivity contribution in [1.29, 1.82) is 0 Å². The molecule has 1 unspecified atom stereocenters. The highest BCUT2D eigenvalue weighted by atomic mass is 32.1. The molecule has 1 aromatic heterocycles. The van der Waals surface area contributed by atoms with E-state index >= 15 is 0 Å². The van der Waals surface area contributed by atoms with Crippen LogP contribution in [0.5, 0.6) is 0 Å². The molecule has 1 aromatic rings. The van der Waals surface area contributed by atoms with Crippen LogP contribution in [0.2, 0.25) is 0 Å². The molecule has 0 aliphatic rings. The van der Waals surface area contributed by atoms with E-state index in [4.69, 9.17) is 0 Å². The Morgan fingerprint density at radius 2 is 2.36 bits per heavy atom. The molecule has 0 saturated carbocycles. The largest absolute Gasteiger partial charge is 0.386 e. The van der Waals surface area contributed by atoms with Crippen LogP contribution in [0.1, 0.15) is 11.0 Å². The summed E-state index contributed by atoms with van der Waals surface area (Å²) < 4.78 is 0. The molecule has 62 valence electrons. The van der Waals surface area contributed by atoms with Crippen molar-refractivity contribution in [3.05, 3.63) is 22.4 Å². The van der Waals surface area contributed by atoms with Crippen LogP contribution in [0.4, 0.5) is 0 Å². The SMILES string of the molecule is CN(C)CC(O)c1cccs1. The number of rotatable bonds is 3. The third-order valence-corrected chi connectivity index (χ3v) is 2.38. The summed E-state index contributed by atoms with van der Waals surface area (Å²) in [7, 11) is 3.91. The average molecular weight is 171 g/mol. The second-order valence-corrected chi connectivity index (χ2v) is 3.77. The Labute approximate surface area is 71.1 Å². The average Bonchev–Trinajstić information content (AvgIpc) is 2.35. The van der Waals surface area contributed by atoms with Gasteiger partial charge < -0.3 is 10.0 Å². The zero-order valence-electron chi connectivity index (χ0n) is 6.82. The van der Waals surface area contributed by atoms with Gasteiger partial charge in [0.05, 0.1) is 0 Å². The van der Waals surface area contributed by atoms with Gasteiger partial charge in [0.2, 0.25) is 0 Å². The molecular weight excluding hydrogens is 158 g/mol. The molecule has 0 fully saturated rings. The Hall–Kier alpha value is -0.380. The molecule has 11 heavy (non-hydrogen) atoms. The summed E-state index contributed by atoms with van der Waals surface area (Å²) in [5.41, 5.74) is 0. The normalized spacial score (nSPS) is 13.8. The van der Waals surface area contributed by atoms with Crippen molar-refractivity contribution in [2.24, 2.45) is 0 Å². The second-order valence-electron chi connectivity index (χ2n) is 2.79. The predicted molar refractivity (Wildman–Crippen MR) is 47.8 cm³/mol. The minimum absolute atomic E-state index is 0.329. The molecule has 0 bridgehead atoms. The lowest BCUT2D eigenvalue weighted by Crippen LogP contribution is -2.19. The molecule has 0 radical (unpaired) electrons. The van der Waals surface area contributed by atoms with Crippen molar-refractivity contribution in [3.63, 3.8) is 0 Å². The van der Waals surface area contributed by atoms with E-state index in [0.717, 1.165) is 4.88 Å². The predicted octanol–water partition coefficient (Wildman–Crippen LogP) is 1.34. The minimum Gasteiger partial charge on any atom is -0.386 e. The van der Waals surface area contributed by atoms with E-state index in [1.54, 1.807) is 11.3 Å². The Morgan fingerprint density at radius 3 is 2.82 bits per heavy atom. The summed E-state index contributed by atoms with van der Waals surface area (Å²) in [6.07, 6.45) is -0.329. The van der Waals surface area contributed by atoms with Crippen LogP contribution in [0, 0.1) is 0 Å². The first kappa shape index (κ1) is 8.71. The smallest absolute Gasteiger partial charge is 0.101 e. The third-order valence-electron chi connectivity index (χ3n) is 1.41. The number of hydrogen-bond acceptors (Lipinski definition) is 3. The zero-order chi connectivity index (χ0) is 8.27. The molecule has 0 saturated heterocycles. The molecule has 1 heterocycles. The number of aliphatic hydroxyl groups excluding tert-OH is 1. The highest BCUT2D eigenvalue weighted by molar-refractivity contribution is 7.10. The van der Waals surface area contributed by atoms with Crippen LogP contribution >= 0.6 is 11.3 Å². The lowest BCUT2D eigenvalue weighted by molar-refractivity contribution is 0.141. The molecule has 2 nitrogen and oxygen atoms in total. The van der Waals surface area contributed by atoms with E-state index in [1.165, 1.54) is 0 Å². The van der Waals surface area contributed by atoms with Crippen molar-refractivity contribution in [2.75, 3.05) is 20.6 Å². The Morgan fingerprint density at radius 1 is 1.64 bits per heavy atom. The van der Waals surface area contributed by atoms with Gasteiger partial charge in [-0.05, 0) is 25.5 Å². The highest BCUT2D eigenvalue weighted by Gasteiger charge is 2.08. The minimum atomic E-state index is -0.329. The monoisotopic (exact) mass is 171 g/mol. The van der Waals surface area contributed by atoms with Gasteiger partial charge in [-0.2, -0.15) is 0 Å². The summed E-state index contributed by atoms with van der Waals surface area (Å²) in [5, 5.41) is 11.5. The molecule has 3 heteroatoms. The van der Waals surface area contributed by atoms with E-state index < -0.39 is 0 Å². The van der Waals surface area contributed by atoms with Gasteiger partial charge in [-0.15, -0.1) is 11.3 Å². The first-order chi connectivity index (χ1) is 5.20.